The van der Waals surface area contributed by atoms with E-state index in [1.165, 1.54) is 6.07 Å². The Kier molecular flexibility index (Phi) is 2.73. The van der Waals surface area contributed by atoms with E-state index in [0.29, 0.717) is 36.5 Å². The molecule has 7 unspecified atom stereocenters. The monoisotopic (exact) mass is 314 g/mol. The van der Waals surface area contributed by atoms with E-state index >= 15 is 0 Å². The molecule has 2 nitrogen and oxygen atoms in total. The number of benzene rings is 1. The van der Waals surface area contributed by atoms with Crippen molar-refractivity contribution in [3.8, 4) is 0 Å². The molecule has 4 aliphatic rings. The average molecular weight is 314 g/mol. The molecule has 0 radical (unpaired) electrons. The first-order chi connectivity index (χ1) is 11.1. The summed E-state index contributed by atoms with van der Waals surface area (Å²) in [6.07, 6.45) is 6.45. The van der Waals surface area contributed by atoms with Crippen LogP contribution in [0.15, 0.2) is 24.3 Å². The SMILES string of the molecule is O=CCC1(Cc2ccccc2F)CC23CC2C(O)C2CC1C3C2. The van der Waals surface area contributed by atoms with Crippen molar-refractivity contribution in [2.75, 3.05) is 0 Å². The highest BCUT2D eigenvalue weighted by molar-refractivity contribution is 5.52. The lowest BCUT2D eigenvalue weighted by molar-refractivity contribution is -0.110. The van der Waals surface area contributed by atoms with E-state index in [-0.39, 0.29) is 22.8 Å². The molecule has 122 valence electrons. The van der Waals surface area contributed by atoms with Crippen LogP contribution >= 0.6 is 0 Å². The van der Waals surface area contributed by atoms with Gasteiger partial charge in [-0.3, -0.25) is 0 Å². The largest absolute Gasteiger partial charge is 0.393 e. The van der Waals surface area contributed by atoms with Crippen LogP contribution in [0.3, 0.4) is 0 Å². The maximum Gasteiger partial charge on any atom is 0.126 e. The Balaban J connectivity index is 1.55. The lowest BCUT2D eigenvalue weighted by Crippen LogP contribution is -2.33. The molecule has 1 aromatic rings. The smallest absolute Gasteiger partial charge is 0.126 e. The van der Waals surface area contributed by atoms with Gasteiger partial charge in [0, 0.05) is 6.42 Å². The van der Waals surface area contributed by atoms with Crippen LogP contribution < -0.4 is 0 Å². The number of hydrogen-bond acceptors (Lipinski definition) is 2. The second-order valence-electron chi connectivity index (χ2n) is 8.66. The van der Waals surface area contributed by atoms with E-state index in [9.17, 15) is 14.3 Å². The minimum Gasteiger partial charge on any atom is -0.393 e. The van der Waals surface area contributed by atoms with Crippen LogP contribution in [0.2, 0.25) is 0 Å². The summed E-state index contributed by atoms with van der Waals surface area (Å²) in [5.74, 6) is 1.87. The molecule has 0 amide bonds. The fraction of sp³-hybridized carbons (Fsp3) is 0.650. The molecule has 2 bridgehead atoms. The highest BCUT2D eigenvalue weighted by atomic mass is 19.1. The van der Waals surface area contributed by atoms with Crippen LogP contribution in [0.25, 0.3) is 0 Å². The van der Waals surface area contributed by atoms with Gasteiger partial charge in [0.2, 0.25) is 0 Å². The zero-order chi connectivity index (χ0) is 15.8. The molecule has 4 fully saturated rings. The number of rotatable bonds is 4. The van der Waals surface area contributed by atoms with Crippen LogP contribution in [0.1, 0.15) is 37.7 Å². The Bertz CT molecular complexity index is 673. The Morgan fingerprint density at radius 3 is 2.78 bits per heavy atom. The number of hydrogen-bond donors (Lipinski definition) is 1. The van der Waals surface area contributed by atoms with Crippen LogP contribution in [0.4, 0.5) is 4.39 Å². The van der Waals surface area contributed by atoms with E-state index in [1.807, 2.05) is 12.1 Å². The van der Waals surface area contributed by atoms with Crippen molar-refractivity contribution in [1.29, 1.82) is 0 Å². The summed E-state index contributed by atoms with van der Waals surface area (Å²) < 4.78 is 14.2. The molecule has 3 heteroatoms. The first-order valence-electron chi connectivity index (χ1n) is 8.95. The second-order valence-corrected chi connectivity index (χ2v) is 8.66. The van der Waals surface area contributed by atoms with Gasteiger partial charge in [0.1, 0.15) is 12.1 Å². The van der Waals surface area contributed by atoms with Gasteiger partial charge in [-0.15, -0.1) is 0 Å². The van der Waals surface area contributed by atoms with E-state index in [4.69, 9.17) is 0 Å². The molecule has 1 aromatic carbocycles. The molecule has 0 saturated heterocycles. The number of aliphatic hydroxyl groups is 1. The number of fused-ring (bicyclic) bond motifs is 1. The third-order valence-electron chi connectivity index (χ3n) is 7.87. The molecule has 1 N–H and O–H groups in total. The molecular formula is C20H23FO2. The Hall–Kier alpha value is -1.22. The topological polar surface area (TPSA) is 37.3 Å². The first-order valence-corrected chi connectivity index (χ1v) is 8.95. The summed E-state index contributed by atoms with van der Waals surface area (Å²) in [4.78, 5) is 11.5. The standard InChI is InChI=1S/C20H23FO2/c21-17-4-2-1-3-12(17)9-19(5-6-22)11-20-10-16(20)18(23)13-7-14(19)15(20)8-13/h1-4,6,13-16,18,23H,5,7-11H2. The van der Waals surface area contributed by atoms with Crippen molar-refractivity contribution < 1.29 is 14.3 Å². The summed E-state index contributed by atoms with van der Waals surface area (Å²) in [5.41, 5.74) is 0.941. The predicted molar refractivity (Wildman–Crippen MR) is 84.1 cm³/mol. The van der Waals surface area contributed by atoms with Crippen LogP contribution in [0.5, 0.6) is 0 Å². The third-order valence-corrected chi connectivity index (χ3v) is 7.87. The summed E-state index contributed by atoms with van der Waals surface area (Å²) in [6, 6.07) is 7.02. The fourth-order valence-corrected chi connectivity index (χ4v) is 7.03. The number of carbonyl (C=O) groups is 1. The van der Waals surface area contributed by atoms with Crippen LogP contribution in [-0.2, 0) is 11.2 Å². The van der Waals surface area contributed by atoms with Crippen molar-refractivity contribution >= 4 is 6.29 Å². The van der Waals surface area contributed by atoms with Gasteiger partial charge in [0.05, 0.1) is 6.10 Å². The zero-order valence-corrected chi connectivity index (χ0v) is 13.2. The van der Waals surface area contributed by atoms with Crippen molar-refractivity contribution in [3.63, 3.8) is 0 Å². The van der Waals surface area contributed by atoms with E-state index in [1.54, 1.807) is 6.07 Å². The molecule has 0 aliphatic heterocycles. The number of halogens is 1. The molecule has 4 aliphatic carbocycles. The second kappa shape index (κ2) is 4.44. The van der Waals surface area contributed by atoms with Crippen molar-refractivity contribution in [3.05, 3.63) is 35.6 Å². The molecule has 5 rings (SSSR count). The first kappa shape index (κ1) is 14.2. The molecule has 23 heavy (non-hydrogen) atoms. The van der Waals surface area contributed by atoms with E-state index < -0.39 is 0 Å². The maximum absolute atomic E-state index is 14.2. The lowest BCUT2D eigenvalue weighted by atomic mass is 9.68. The van der Waals surface area contributed by atoms with E-state index in [0.717, 1.165) is 37.5 Å². The minimum atomic E-state index is -0.144. The minimum absolute atomic E-state index is 0.0851. The van der Waals surface area contributed by atoms with Gasteiger partial charge in [0.15, 0.2) is 0 Å². The van der Waals surface area contributed by atoms with Crippen molar-refractivity contribution in [2.45, 2.75) is 44.6 Å². The molecule has 0 heterocycles. The summed E-state index contributed by atoms with van der Waals surface area (Å²) in [7, 11) is 0. The predicted octanol–water partition coefficient (Wildman–Crippen LogP) is 3.37. The number of carbonyl (C=O) groups excluding carboxylic acids is 1. The Morgan fingerprint density at radius 2 is 2.00 bits per heavy atom. The number of aliphatic hydroxyl groups excluding tert-OH is 1. The van der Waals surface area contributed by atoms with Crippen molar-refractivity contribution in [2.24, 2.45) is 34.5 Å². The van der Waals surface area contributed by atoms with Crippen molar-refractivity contribution in [1.82, 2.24) is 0 Å². The summed E-state index contributed by atoms with van der Waals surface area (Å²) in [6.45, 7) is 0. The quantitative estimate of drug-likeness (QED) is 0.865. The van der Waals surface area contributed by atoms with Crippen LogP contribution in [0, 0.1) is 40.3 Å². The Labute approximate surface area is 136 Å². The summed E-state index contributed by atoms with van der Waals surface area (Å²) in [5, 5.41) is 10.5. The van der Waals surface area contributed by atoms with Gasteiger partial charge in [-0.1, -0.05) is 18.2 Å². The molecule has 4 saturated carbocycles. The Morgan fingerprint density at radius 1 is 1.22 bits per heavy atom. The molecule has 1 spiro atoms. The van der Waals surface area contributed by atoms with Gasteiger partial charge in [-0.25, -0.2) is 4.39 Å². The number of aldehydes is 1. The van der Waals surface area contributed by atoms with Gasteiger partial charge >= 0.3 is 0 Å². The highest BCUT2D eigenvalue weighted by Crippen LogP contribution is 2.81. The van der Waals surface area contributed by atoms with E-state index in [2.05, 4.69) is 0 Å². The molecular weight excluding hydrogens is 291 g/mol. The fourth-order valence-electron chi connectivity index (χ4n) is 7.03. The van der Waals surface area contributed by atoms with Gasteiger partial charge in [-0.2, -0.15) is 0 Å². The van der Waals surface area contributed by atoms with Crippen LogP contribution in [-0.4, -0.2) is 17.5 Å². The molecule has 0 aromatic heterocycles. The normalized spacial score (nSPS) is 49.0. The summed E-state index contributed by atoms with van der Waals surface area (Å²) >= 11 is 0. The average Bonchev–Trinajstić information content (AvgIpc) is 3.00. The van der Waals surface area contributed by atoms with Gasteiger partial charge in [-0.05, 0) is 78.2 Å². The lowest BCUT2D eigenvalue weighted by Gasteiger charge is -2.36. The van der Waals surface area contributed by atoms with Gasteiger partial charge in [0.25, 0.3) is 0 Å². The third kappa shape index (κ3) is 1.69. The highest BCUT2D eigenvalue weighted by Gasteiger charge is 2.77. The molecule has 7 atom stereocenters. The zero-order valence-electron chi connectivity index (χ0n) is 13.2. The maximum atomic E-state index is 14.2. The van der Waals surface area contributed by atoms with Gasteiger partial charge < -0.3 is 9.90 Å².